The molecule has 2 aromatic carbocycles. The average Bonchev–Trinajstić information content (AvgIpc) is 2.45. The molecule has 0 aliphatic carbocycles. The molecule has 0 saturated carbocycles. The maximum Gasteiger partial charge on any atom is 0.206 e. The fourth-order valence-corrected chi connectivity index (χ4v) is 3.66. The van der Waals surface area contributed by atoms with Crippen LogP contribution in [-0.4, -0.2) is 11.2 Å². The number of benzene rings is 2. The van der Waals surface area contributed by atoms with Crippen molar-refractivity contribution in [1.29, 1.82) is 0 Å². The minimum Gasteiger partial charge on any atom is -0.325 e. The van der Waals surface area contributed by atoms with Gasteiger partial charge in [0.2, 0.25) is 8.38 Å². The van der Waals surface area contributed by atoms with Gasteiger partial charge in [0.1, 0.15) is 0 Å². The predicted molar refractivity (Wildman–Crippen MR) is 100 cm³/mol. The van der Waals surface area contributed by atoms with E-state index in [1.54, 1.807) is 0 Å². The average molecular weight is 330 g/mol. The van der Waals surface area contributed by atoms with Crippen LogP contribution >= 0.6 is 8.38 Å². The fraction of sp³-hybridized carbons (Fsp3) is 0.400. The standard InChI is InChI=1S/C20H27O2P/c1-19(2,3)21-23(22-20(4,5)6)18-14-12-17(13-15-18)16-10-8-7-9-11-16/h7-15H,1-6H3. The highest BCUT2D eigenvalue weighted by atomic mass is 31.2. The van der Waals surface area contributed by atoms with Crippen molar-refractivity contribution in [3.05, 3.63) is 54.6 Å². The van der Waals surface area contributed by atoms with E-state index >= 15 is 0 Å². The Morgan fingerprint density at radius 1 is 0.609 bits per heavy atom. The van der Waals surface area contributed by atoms with Gasteiger partial charge in [-0.25, -0.2) is 0 Å². The van der Waals surface area contributed by atoms with Crippen LogP contribution in [0.25, 0.3) is 11.1 Å². The van der Waals surface area contributed by atoms with Crippen molar-refractivity contribution in [3.8, 4) is 11.1 Å². The number of hydrogen-bond donors (Lipinski definition) is 0. The van der Waals surface area contributed by atoms with Crippen LogP contribution in [0.2, 0.25) is 0 Å². The van der Waals surface area contributed by atoms with E-state index in [4.69, 9.17) is 9.05 Å². The van der Waals surface area contributed by atoms with E-state index in [1.165, 1.54) is 11.1 Å². The van der Waals surface area contributed by atoms with Gasteiger partial charge in [-0.3, -0.25) is 0 Å². The summed E-state index contributed by atoms with van der Waals surface area (Å²) in [6, 6.07) is 18.9. The molecule has 0 saturated heterocycles. The van der Waals surface area contributed by atoms with Gasteiger partial charge in [0.05, 0.1) is 11.2 Å². The number of rotatable bonds is 4. The molecule has 2 nitrogen and oxygen atoms in total. The first kappa shape index (κ1) is 18.1. The second kappa shape index (κ2) is 7.13. The van der Waals surface area contributed by atoms with E-state index in [1.807, 2.05) is 6.07 Å². The van der Waals surface area contributed by atoms with Gasteiger partial charge in [0.25, 0.3) is 0 Å². The van der Waals surface area contributed by atoms with Crippen molar-refractivity contribution < 1.29 is 9.05 Å². The molecule has 0 atom stereocenters. The molecule has 0 N–H and O–H groups in total. The molecule has 3 heteroatoms. The van der Waals surface area contributed by atoms with E-state index in [9.17, 15) is 0 Å². The zero-order valence-electron chi connectivity index (χ0n) is 15.0. The van der Waals surface area contributed by atoms with Gasteiger partial charge in [0, 0.05) is 5.30 Å². The van der Waals surface area contributed by atoms with Crippen molar-refractivity contribution in [2.75, 3.05) is 0 Å². The maximum absolute atomic E-state index is 6.19. The van der Waals surface area contributed by atoms with E-state index in [2.05, 4.69) is 90.1 Å². The molecule has 23 heavy (non-hydrogen) atoms. The monoisotopic (exact) mass is 330 g/mol. The minimum atomic E-state index is -1.11. The Hall–Kier alpha value is -1.21. The highest BCUT2D eigenvalue weighted by molar-refractivity contribution is 7.56. The fourth-order valence-electron chi connectivity index (χ4n) is 2.03. The van der Waals surface area contributed by atoms with Gasteiger partial charge in [-0.1, -0.05) is 42.5 Å². The molecule has 0 amide bonds. The zero-order valence-corrected chi connectivity index (χ0v) is 15.9. The summed E-state index contributed by atoms with van der Waals surface area (Å²) in [4.78, 5) is 0. The summed E-state index contributed by atoms with van der Waals surface area (Å²) in [5, 5.41) is 1.10. The molecule has 0 heterocycles. The molecular weight excluding hydrogens is 303 g/mol. The first-order valence-corrected chi connectivity index (χ1v) is 9.16. The van der Waals surface area contributed by atoms with Crippen LogP contribution in [0.15, 0.2) is 54.6 Å². The smallest absolute Gasteiger partial charge is 0.206 e. The normalized spacial score (nSPS) is 12.7. The zero-order chi connectivity index (χ0) is 17.1. The van der Waals surface area contributed by atoms with Crippen LogP contribution in [0.4, 0.5) is 0 Å². The first-order chi connectivity index (χ1) is 10.6. The second-order valence-electron chi connectivity index (χ2n) is 7.58. The Kier molecular flexibility index (Phi) is 5.62. The topological polar surface area (TPSA) is 18.5 Å². The van der Waals surface area contributed by atoms with E-state index < -0.39 is 8.38 Å². The molecule has 0 bridgehead atoms. The molecule has 0 radical (unpaired) electrons. The Morgan fingerprint density at radius 2 is 1.04 bits per heavy atom. The molecule has 0 fully saturated rings. The Bertz CT molecular complexity index is 591. The highest BCUT2D eigenvalue weighted by Crippen LogP contribution is 2.45. The Balaban J connectivity index is 2.25. The molecule has 2 rings (SSSR count). The Morgan fingerprint density at radius 3 is 1.48 bits per heavy atom. The molecule has 0 aromatic heterocycles. The lowest BCUT2D eigenvalue weighted by Gasteiger charge is -2.31. The van der Waals surface area contributed by atoms with Crippen LogP contribution in [0.1, 0.15) is 41.5 Å². The van der Waals surface area contributed by atoms with Gasteiger partial charge in [0.15, 0.2) is 0 Å². The van der Waals surface area contributed by atoms with Gasteiger partial charge in [-0.05, 0) is 64.8 Å². The summed E-state index contributed by atoms with van der Waals surface area (Å²) in [5.74, 6) is 0. The molecule has 0 aliphatic heterocycles. The van der Waals surface area contributed by atoms with Gasteiger partial charge < -0.3 is 9.05 Å². The van der Waals surface area contributed by atoms with Gasteiger partial charge >= 0.3 is 0 Å². The van der Waals surface area contributed by atoms with Crippen LogP contribution in [0, 0.1) is 0 Å². The SMILES string of the molecule is CC(C)(C)OP(OC(C)(C)C)c1ccc(-c2ccccc2)cc1. The third kappa shape index (κ3) is 6.06. The van der Waals surface area contributed by atoms with Crippen molar-refractivity contribution in [2.24, 2.45) is 0 Å². The van der Waals surface area contributed by atoms with Crippen molar-refractivity contribution in [1.82, 2.24) is 0 Å². The minimum absolute atomic E-state index is 0.241. The third-order valence-electron chi connectivity index (χ3n) is 2.90. The molecule has 0 unspecified atom stereocenters. The van der Waals surface area contributed by atoms with Crippen LogP contribution in [0.5, 0.6) is 0 Å². The van der Waals surface area contributed by atoms with Crippen molar-refractivity contribution in [2.45, 2.75) is 52.7 Å². The lowest BCUT2D eigenvalue weighted by Crippen LogP contribution is -2.25. The predicted octanol–water partition coefficient (Wildman–Crippen LogP) is 5.92. The lowest BCUT2D eigenvalue weighted by atomic mass is 10.1. The maximum atomic E-state index is 6.19. The van der Waals surface area contributed by atoms with Gasteiger partial charge in [-0.15, -0.1) is 0 Å². The van der Waals surface area contributed by atoms with Crippen molar-refractivity contribution >= 4 is 13.7 Å². The summed E-state index contributed by atoms with van der Waals surface area (Å²) in [6.07, 6.45) is 0. The van der Waals surface area contributed by atoms with Crippen LogP contribution in [-0.2, 0) is 9.05 Å². The van der Waals surface area contributed by atoms with Gasteiger partial charge in [-0.2, -0.15) is 0 Å². The Labute approximate surface area is 141 Å². The summed E-state index contributed by atoms with van der Waals surface area (Å²) in [6.45, 7) is 12.4. The van der Waals surface area contributed by atoms with Crippen LogP contribution < -0.4 is 5.30 Å². The van der Waals surface area contributed by atoms with E-state index in [0.29, 0.717) is 0 Å². The summed E-state index contributed by atoms with van der Waals surface area (Å²) >= 11 is 0. The van der Waals surface area contributed by atoms with Crippen molar-refractivity contribution in [3.63, 3.8) is 0 Å². The molecule has 0 spiro atoms. The second-order valence-corrected chi connectivity index (χ2v) is 8.97. The summed E-state index contributed by atoms with van der Waals surface area (Å²) in [5.41, 5.74) is 1.94. The first-order valence-electron chi connectivity index (χ1n) is 7.98. The lowest BCUT2D eigenvalue weighted by molar-refractivity contribution is 0.0777. The summed E-state index contributed by atoms with van der Waals surface area (Å²) < 4.78 is 12.4. The largest absolute Gasteiger partial charge is 0.325 e. The number of hydrogen-bond acceptors (Lipinski definition) is 2. The van der Waals surface area contributed by atoms with E-state index in [0.717, 1.165) is 5.30 Å². The molecule has 124 valence electrons. The molecule has 0 aliphatic rings. The van der Waals surface area contributed by atoms with E-state index in [-0.39, 0.29) is 11.2 Å². The molecular formula is C20H27O2P. The third-order valence-corrected chi connectivity index (χ3v) is 5.05. The highest BCUT2D eigenvalue weighted by Gasteiger charge is 2.27. The summed E-state index contributed by atoms with van der Waals surface area (Å²) in [7, 11) is -1.11. The van der Waals surface area contributed by atoms with Crippen LogP contribution in [0.3, 0.4) is 0 Å². The molecule has 2 aromatic rings. The quantitative estimate of drug-likeness (QED) is 0.648.